The minimum atomic E-state index is -1.00. The van der Waals surface area contributed by atoms with Crippen LogP contribution in [0, 0.1) is 12.3 Å². The van der Waals surface area contributed by atoms with Gasteiger partial charge in [-0.1, -0.05) is 5.92 Å². The molecule has 0 unspecified atom stereocenters. The number of carboxylic acid groups (broad SMARTS) is 1. The van der Waals surface area contributed by atoms with E-state index in [9.17, 15) is 9.59 Å². The minimum absolute atomic E-state index is 0.0823. The van der Waals surface area contributed by atoms with Crippen LogP contribution >= 0.6 is 11.8 Å². The van der Waals surface area contributed by atoms with Gasteiger partial charge >= 0.3 is 5.97 Å². The van der Waals surface area contributed by atoms with Crippen LogP contribution in [0.4, 0.5) is 0 Å². The van der Waals surface area contributed by atoms with Crippen LogP contribution in [0.25, 0.3) is 0 Å². The number of carbonyl (C=O) groups excluding carboxylic acids is 1. The lowest BCUT2D eigenvalue weighted by Crippen LogP contribution is -2.32. The van der Waals surface area contributed by atoms with E-state index in [-0.39, 0.29) is 12.5 Å². The van der Waals surface area contributed by atoms with Crippen molar-refractivity contribution in [2.75, 3.05) is 18.1 Å². The Bertz CT molecular complexity index is 276. The van der Waals surface area contributed by atoms with Crippen LogP contribution < -0.4 is 11.1 Å². The molecule has 90 valence electrons. The van der Waals surface area contributed by atoms with Crippen LogP contribution in [0.15, 0.2) is 0 Å². The van der Waals surface area contributed by atoms with Gasteiger partial charge in [0.1, 0.15) is 6.04 Å². The third-order valence-corrected chi connectivity index (χ3v) is 2.87. The highest BCUT2D eigenvalue weighted by Crippen LogP contribution is 2.05. The molecule has 0 saturated carbocycles. The largest absolute Gasteiger partial charge is 0.480 e. The van der Waals surface area contributed by atoms with Gasteiger partial charge in [0.25, 0.3) is 0 Å². The van der Waals surface area contributed by atoms with E-state index in [1.807, 2.05) is 0 Å². The number of carbonyl (C=O) groups is 2. The Labute approximate surface area is 99.2 Å². The van der Waals surface area contributed by atoms with Crippen LogP contribution in [0.1, 0.15) is 12.8 Å². The van der Waals surface area contributed by atoms with E-state index in [0.717, 1.165) is 0 Å². The average molecular weight is 244 g/mol. The highest BCUT2D eigenvalue weighted by molar-refractivity contribution is 7.99. The van der Waals surface area contributed by atoms with E-state index in [1.54, 1.807) is 0 Å². The van der Waals surface area contributed by atoms with E-state index in [4.69, 9.17) is 17.3 Å². The van der Waals surface area contributed by atoms with Crippen molar-refractivity contribution in [1.82, 2.24) is 5.32 Å². The fraction of sp³-hybridized carbons (Fsp3) is 0.600. The van der Waals surface area contributed by atoms with Gasteiger partial charge in [-0.25, -0.2) is 0 Å². The molecule has 16 heavy (non-hydrogen) atoms. The topological polar surface area (TPSA) is 92.4 Å². The van der Waals surface area contributed by atoms with Gasteiger partial charge in [0, 0.05) is 12.2 Å². The second kappa shape index (κ2) is 9.07. The normalized spacial score (nSPS) is 11.5. The van der Waals surface area contributed by atoms with E-state index >= 15 is 0 Å². The van der Waals surface area contributed by atoms with Crippen molar-refractivity contribution >= 4 is 23.6 Å². The molecule has 0 spiro atoms. The second-order valence-corrected chi connectivity index (χ2v) is 4.25. The highest BCUT2D eigenvalue weighted by atomic mass is 32.2. The van der Waals surface area contributed by atoms with Crippen LogP contribution in [0.3, 0.4) is 0 Å². The minimum Gasteiger partial charge on any atom is -0.480 e. The first-order chi connectivity index (χ1) is 7.57. The molecule has 0 aliphatic carbocycles. The number of thioether (sulfide) groups is 1. The van der Waals surface area contributed by atoms with E-state index in [0.29, 0.717) is 24.3 Å². The molecule has 0 bridgehead atoms. The highest BCUT2D eigenvalue weighted by Gasteiger charge is 2.10. The Morgan fingerprint density at radius 3 is 2.81 bits per heavy atom. The summed E-state index contributed by atoms with van der Waals surface area (Å²) in [7, 11) is 0. The Morgan fingerprint density at radius 1 is 1.56 bits per heavy atom. The van der Waals surface area contributed by atoms with Crippen LogP contribution in [0.5, 0.6) is 0 Å². The summed E-state index contributed by atoms with van der Waals surface area (Å²) in [5, 5.41) is 11.0. The summed E-state index contributed by atoms with van der Waals surface area (Å²) in [6.45, 7) is 0.246. The maximum Gasteiger partial charge on any atom is 0.321 e. The van der Waals surface area contributed by atoms with Gasteiger partial charge in [0.15, 0.2) is 0 Å². The molecular weight excluding hydrogens is 228 g/mol. The summed E-state index contributed by atoms with van der Waals surface area (Å²) in [6.07, 6.45) is 6.06. The standard InChI is InChI=1S/C10H16N2O3S/c1-2-5-12-9(13)4-3-6-16-7-8(11)10(14)15/h1,8H,3-7,11H2,(H,12,13)(H,14,15)/t8-/m1/s1. The summed E-state index contributed by atoms with van der Waals surface area (Å²) >= 11 is 1.43. The maximum absolute atomic E-state index is 11.1. The van der Waals surface area contributed by atoms with E-state index < -0.39 is 12.0 Å². The summed E-state index contributed by atoms with van der Waals surface area (Å²) < 4.78 is 0. The molecule has 0 heterocycles. The summed E-state index contributed by atoms with van der Waals surface area (Å²) in [5.74, 6) is 2.30. The van der Waals surface area contributed by atoms with Gasteiger partial charge in [-0.05, 0) is 12.2 Å². The molecule has 1 amide bonds. The summed E-state index contributed by atoms with van der Waals surface area (Å²) in [6, 6.07) is -0.833. The average Bonchev–Trinajstić information content (AvgIpc) is 2.25. The number of amides is 1. The SMILES string of the molecule is C#CCNC(=O)CCCSC[C@@H](N)C(=O)O. The number of nitrogens with two attached hydrogens (primary N) is 1. The Morgan fingerprint density at radius 2 is 2.25 bits per heavy atom. The van der Waals surface area contributed by atoms with E-state index in [1.165, 1.54) is 11.8 Å². The third kappa shape index (κ3) is 8.15. The molecule has 0 aromatic heterocycles. The Kier molecular flexibility index (Phi) is 8.39. The van der Waals surface area contributed by atoms with Crippen molar-refractivity contribution in [3.63, 3.8) is 0 Å². The molecule has 0 aliphatic heterocycles. The number of hydrogen-bond acceptors (Lipinski definition) is 4. The van der Waals surface area contributed by atoms with Crippen molar-refractivity contribution in [3.05, 3.63) is 0 Å². The Balaban J connectivity index is 3.37. The number of carboxylic acids is 1. The van der Waals surface area contributed by atoms with Crippen molar-refractivity contribution in [3.8, 4) is 12.3 Å². The molecule has 0 aromatic rings. The predicted octanol–water partition coefficient (Wildman–Crippen LogP) is -0.339. The van der Waals surface area contributed by atoms with Crippen molar-refractivity contribution in [2.24, 2.45) is 5.73 Å². The molecule has 5 nitrogen and oxygen atoms in total. The van der Waals surface area contributed by atoms with Gasteiger partial charge < -0.3 is 16.2 Å². The molecule has 0 aliphatic rings. The van der Waals surface area contributed by atoms with Crippen LogP contribution in [-0.2, 0) is 9.59 Å². The lowest BCUT2D eigenvalue weighted by Gasteiger charge is -2.05. The van der Waals surface area contributed by atoms with Gasteiger partial charge in [-0.15, -0.1) is 6.42 Å². The molecule has 4 N–H and O–H groups in total. The zero-order chi connectivity index (χ0) is 12.4. The summed E-state index contributed by atoms with van der Waals surface area (Å²) in [4.78, 5) is 21.4. The predicted molar refractivity (Wildman–Crippen MR) is 64.0 cm³/mol. The third-order valence-electron chi connectivity index (χ3n) is 1.69. The zero-order valence-electron chi connectivity index (χ0n) is 8.94. The van der Waals surface area contributed by atoms with Gasteiger partial charge in [0.05, 0.1) is 6.54 Å². The maximum atomic E-state index is 11.1. The summed E-state index contributed by atoms with van der Waals surface area (Å²) in [5.41, 5.74) is 5.30. The van der Waals surface area contributed by atoms with Crippen LogP contribution in [0.2, 0.25) is 0 Å². The van der Waals surface area contributed by atoms with Crippen molar-refractivity contribution in [2.45, 2.75) is 18.9 Å². The van der Waals surface area contributed by atoms with Gasteiger partial charge in [-0.3, -0.25) is 9.59 Å². The first kappa shape index (κ1) is 14.8. The smallest absolute Gasteiger partial charge is 0.321 e. The number of rotatable bonds is 8. The fourth-order valence-electron chi connectivity index (χ4n) is 0.854. The van der Waals surface area contributed by atoms with Crippen LogP contribution in [-0.4, -0.2) is 41.1 Å². The lowest BCUT2D eigenvalue weighted by atomic mass is 10.3. The molecule has 0 saturated heterocycles. The number of nitrogens with one attached hydrogen (secondary N) is 1. The van der Waals surface area contributed by atoms with Gasteiger partial charge in [-0.2, -0.15) is 11.8 Å². The monoisotopic (exact) mass is 244 g/mol. The molecule has 0 rings (SSSR count). The lowest BCUT2D eigenvalue weighted by molar-refractivity contribution is -0.137. The number of hydrogen-bond donors (Lipinski definition) is 3. The van der Waals surface area contributed by atoms with Gasteiger partial charge in [0.2, 0.25) is 5.91 Å². The van der Waals surface area contributed by atoms with Crippen molar-refractivity contribution in [1.29, 1.82) is 0 Å². The number of aliphatic carboxylic acids is 1. The Hall–Kier alpha value is -1.19. The first-order valence-corrected chi connectivity index (χ1v) is 5.99. The fourth-order valence-corrected chi connectivity index (χ4v) is 1.77. The molecular formula is C10H16N2O3S. The molecule has 0 radical (unpaired) electrons. The zero-order valence-corrected chi connectivity index (χ0v) is 9.76. The first-order valence-electron chi connectivity index (χ1n) is 4.84. The molecule has 6 heteroatoms. The quantitative estimate of drug-likeness (QED) is 0.401. The molecule has 0 fully saturated rings. The van der Waals surface area contributed by atoms with E-state index in [2.05, 4.69) is 11.2 Å². The number of terminal acetylenes is 1. The second-order valence-electron chi connectivity index (χ2n) is 3.10. The van der Waals surface area contributed by atoms with Crippen molar-refractivity contribution < 1.29 is 14.7 Å². The molecule has 0 aromatic carbocycles. The molecule has 1 atom stereocenters.